The third kappa shape index (κ3) is 21.1. The lowest BCUT2D eigenvalue weighted by atomic mass is 9.49. The Morgan fingerprint density at radius 2 is 0.823 bits per heavy atom. The third-order valence-electron chi connectivity index (χ3n) is 16.1. The van der Waals surface area contributed by atoms with E-state index in [2.05, 4.69) is 46.4 Å². The summed E-state index contributed by atoms with van der Waals surface area (Å²) in [6, 6.07) is 0. The molecule has 4 unspecified atom stereocenters. The van der Waals surface area contributed by atoms with Crippen LogP contribution in [0.15, 0.2) is 0 Å². The van der Waals surface area contributed by atoms with Crippen LogP contribution in [0, 0.1) is 34.0 Å². The number of hydrogen-bond donors (Lipinski definition) is 0. The Morgan fingerprint density at radius 1 is 0.468 bits per heavy atom. The van der Waals surface area contributed by atoms with Crippen molar-refractivity contribution in [2.75, 3.05) is 39.5 Å². The van der Waals surface area contributed by atoms with Gasteiger partial charge < -0.3 is 19.1 Å². The molecule has 0 aliphatic heterocycles. The minimum Gasteiger partial charge on any atom is -0.466 e. The highest BCUT2D eigenvalue weighted by atomic mass is 16.5. The van der Waals surface area contributed by atoms with Gasteiger partial charge in [-0.2, -0.15) is 0 Å². The number of fused-ring (bicyclic) bond motifs is 1. The lowest BCUT2D eigenvalue weighted by Gasteiger charge is -2.56. The van der Waals surface area contributed by atoms with Gasteiger partial charge in [0.2, 0.25) is 0 Å². The monoisotopic (exact) mass is 872 g/mol. The second kappa shape index (κ2) is 31.3. The molecule has 0 aromatic carbocycles. The lowest BCUT2D eigenvalue weighted by Crippen LogP contribution is -2.46. The zero-order chi connectivity index (χ0) is 44.9. The van der Waals surface area contributed by atoms with Crippen molar-refractivity contribution in [2.45, 2.75) is 260 Å². The van der Waals surface area contributed by atoms with E-state index in [0.717, 1.165) is 115 Å². The summed E-state index contributed by atoms with van der Waals surface area (Å²) in [5.74, 6) is 2.16. The summed E-state index contributed by atoms with van der Waals surface area (Å²) in [5, 5.41) is 0. The van der Waals surface area contributed by atoms with Crippen molar-refractivity contribution in [3.63, 3.8) is 0 Å². The molecule has 4 bridgehead atoms. The van der Waals surface area contributed by atoms with Crippen LogP contribution in [0.2, 0.25) is 0 Å². The maximum absolute atomic E-state index is 13.3. The van der Waals surface area contributed by atoms with Crippen LogP contribution < -0.4 is 0 Å². The Bertz CT molecular complexity index is 1190. The van der Waals surface area contributed by atoms with E-state index >= 15 is 0 Å². The summed E-state index contributed by atoms with van der Waals surface area (Å²) in [5.41, 5.74) is 0.267. The summed E-state index contributed by atoms with van der Waals surface area (Å²) in [7, 11) is 0. The van der Waals surface area contributed by atoms with Crippen molar-refractivity contribution >= 4 is 17.9 Å². The lowest BCUT2D eigenvalue weighted by molar-refractivity contribution is -0.146. The molecule has 362 valence electrons. The molecule has 0 aromatic heterocycles. The number of carbonyl (C=O) groups excluding carboxylic acids is 3. The topological polar surface area (TPSA) is 82.1 Å². The van der Waals surface area contributed by atoms with E-state index in [9.17, 15) is 14.4 Å². The van der Waals surface area contributed by atoms with E-state index in [1.54, 1.807) is 0 Å². The second-order valence-electron chi connectivity index (χ2n) is 21.4. The van der Waals surface area contributed by atoms with Gasteiger partial charge in [-0.1, -0.05) is 157 Å². The van der Waals surface area contributed by atoms with Crippen LogP contribution in [-0.2, 0) is 28.6 Å². The summed E-state index contributed by atoms with van der Waals surface area (Å²) >= 11 is 0. The molecule has 4 aliphatic carbocycles. The Morgan fingerprint density at radius 3 is 1.21 bits per heavy atom. The minimum absolute atomic E-state index is 0.0321. The first-order valence-electron chi connectivity index (χ1n) is 27.3. The van der Waals surface area contributed by atoms with Crippen molar-refractivity contribution in [1.29, 1.82) is 0 Å². The van der Waals surface area contributed by atoms with Crippen LogP contribution in [0.4, 0.5) is 0 Å². The number of carbonyl (C=O) groups is 3. The van der Waals surface area contributed by atoms with Gasteiger partial charge in [0.25, 0.3) is 0 Å². The van der Waals surface area contributed by atoms with Gasteiger partial charge >= 0.3 is 17.9 Å². The Hall–Kier alpha value is -1.63. The van der Waals surface area contributed by atoms with Gasteiger partial charge in [-0.05, 0) is 131 Å². The Kier molecular flexibility index (Phi) is 27.6. The SMILES string of the molecule is CCCCC(CCCC)CCCCCOC(=O)CCC12CCC3(CCC(=O)OCCCN(CC)CC)CC(C1)CC(CCC(=O)OCCCCCC(CCCC)CCCC)(C2)C3. The quantitative estimate of drug-likeness (QED) is 0.0346. The van der Waals surface area contributed by atoms with Crippen molar-refractivity contribution < 1.29 is 28.6 Å². The van der Waals surface area contributed by atoms with Crippen molar-refractivity contribution in [3.05, 3.63) is 0 Å². The van der Waals surface area contributed by atoms with Crippen molar-refractivity contribution in [1.82, 2.24) is 4.90 Å². The number of esters is 3. The fraction of sp³-hybridized carbons (Fsp3) is 0.945. The summed E-state index contributed by atoms with van der Waals surface area (Å²) in [6.07, 6.45) is 38.1. The molecule has 0 saturated heterocycles. The molecule has 7 nitrogen and oxygen atoms in total. The van der Waals surface area contributed by atoms with Gasteiger partial charge in [0.1, 0.15) is 0 Å². The summed E-state index contributed by atoms with van der Waals surface area (Å²) in [6.45, 7) is 18.1. The van der Waals surface area contributed by atoms with Gasteiger partial charge in [-0.25, -0.2) is 0 Å². The normalized spacial score (nSPS) is 23.1. The van der Waals surface area contributed by atoms with Crippen LogP contribution in [0.5, 0.6) is 0 Å². The fourth-order valence-corrected chi connectivity index (χ4v) is 12.8. The molecule has 0 amide bonds. The smallest absolute Gasteiger partial charge is 0.305 e. The summed E-state index contributed by atoms with van der Waals surface area (Å²) < 4.78 is 17.6. The standard InChI is InChI=1S/C55H101NO6/c1-7-13-24-47(25-14-8-2)28-19-17-21-39-60-50(57)30-33-53-36-37-54(34-31-51(58)62-41-23-38-56(11-5)12-6)43-49(42-53)44-55(45-53,46-54)35-32-52(59)61-40-22-18-20-29-48(26-15-9-3)27-16-10-4/h47-49H,7-46H2,1-6H3. The van der Waals surface area contributed by atoms with Crippen LogP contribution in [0.1, 0.15) is 260 Å². The van der Waals surface area contributed by atoms with Gasteiger partial charge in [-0.15, -0.1) is 0 Å². The Balaban J connectivity index is 1.54. The molecule has 4 atom stereocenters. The molecule has 7 heteroatoms. The fourth-order valence-electron chi connectivity index (χ4n) is 12.8. The first-order chi connectivity index (χ1) is 30.1. The van der Waals surface area contributed by atoms with Crippen molar-refractivity contribution in [2.24, 2.45) is 34.0 Å². The first kappa shape index (κ1) is 54.7. The third-order valence-corrected chi connectivity index (χ3v) is 16.1. The zero-order valence-electron chi connectivity index (χ0n) is 41.9. The van der Waals surface area contributed by atoms with Crippen LogP contribution in [0.3, 0.4) is 0 Å². The second-order valence-corrected chi connectivity index (χ2v) is 21.4. The number of hydrogen-bond acceptors (Lipinski definition) is 7. The predicted octanol–water partition coefficient (Wildman–Crippen LogP) is 15.1. The van der Waals surface area contributed by atoms with E-state index in [1.165, 1.54) is 116 Å². The summed E-state index contributed by atoms with van der Waals surface area (Å²) in [4.78, 5) is 42.1. The number of ether oxygens (including phenoxy) is 3. The first-order valence-corrected chi connectivity index (χ1v) is 27.3. The highest BCUT2D eigenvalue weighted by Gasteiger charge is 2.58. The van der Waals surface area contributed by atoms with Gasteiger partial charge in [-0.3, -0.25) is 14.4 Å². The van der Waals surface area contributed by atoms with E-state index in [0.29, 0.717) is 45.0 Å². The molecule has 4 saturated carbocycles. The molecule has 62 heavy (non-hydrogen) atoms. The van der Waals surface area contributed by atoms with E-state index in [-0.39, 0.29) is 34.2 Å². The molecule has 4 fully saturated rings. The highest BCUT2D eigenvalue weighted by Crippen LogP contribution is 2.69. The molecule has 0 aromatic rings. The average molecular weight is 872 g/mol. The zero-order valence-corrected chi connectivity index (χ0v) is 41.9. The van der Waals surface area contributed by atoms with Crippen molar-refractivity contribution in [3.8, 4) is 0 Å². The van der Waals surface area contributed by atoms with E-state index in [4.69, 9.17) is 14.2 Å². The highest BCUT2D eigenvalue weighted by molar-refractivity contribution is 5.70. The minimum atomic E-state index is -0.0574. The number of unbranched alkanes of at least 4 members (excludes halogenated alkanes) is 8. The van der Waals surface area contributed by atoms with Gasteiger partial charge in [0.05, 0.1) is 19.8 Å². The molecule has 0 N–H and O–H groups in total. The molecule has 4 rings (SSSR count). The molecule has 4 aliphatic rings. The van der Waals surface area contributed by atoms with Crippen LogP contribution in [0.25, 0.3) is 0 Å². The van der Waals surface area contributed by atoms with E-state index < -0.39 is 0 Å². The number of nitrogens with zero attached hydrogens (tertiary/aromatic N) is 1. The maximum Gasteiger partial charge on any atom is 0.305 e. The molecular formula is C55H101NO6. The maximum atomic E-state index is 13.3. The molecule has 0 spiro atoms. The predicted molar refractivity (Wildman–Crippen MR) is 258 cm³/mol. The Labute approximate surface area is 383 Å². The molecule has 0 radical (unpaired) electrons. The largest absolute Gasteiger partial charge is 0.466 e. The van der Waals surface area contributed by atoms with Gasteiger partial charge in [0.15, 0.2) is 0 Å². The van der Waals surface area contributed by atoms with Crippen LogP contribution in [-0.4, -0.2) is 62.3 Å². The van der Waals surface area contributed by atoms with Crippen LogP contribution >= 0.6 is 0 Å². The van der Waals surface area contributed by atoms with Gasteiger partial charge in [0, 0.05) is 25.8 Å². The average Bonchev–Trinajstić information content (AvgIpc) is 3.44. The number of rotatable bonds is 39. The molecule has 0 heterocycles. The van der Waals surface area contributed by atoms with E-state index in [1.807, 2.05) is 0 Å². The molecular weight excluding hydrogens is 771 g/mol.